The molecule has 0 unspecified atom stereocenters. The highest BCUT2D eigenvalue weighted by Gasteiger charge is 2.12. The number of para-hydroxylation sites is 1. The zero-order valence-corrected chi connectivity index (χ0v) is 19.1. The van der Waals surface area contributed by atoms with Crippen molar-refractivity contribution in [2.45, 2.75) is 6.61 Å². The summed E-state index contributed by atoms with van der Waals surface area (Å²) in [7, 11) is 4.70. The zero-order valence-electron chi connectivity index (χ0n) is 17.6. The molecule has 0 atom stereocenters. The number of hydrogen-bond donors (Lipinski definition) is 0. The van der Waals surface area contributed by atoms with Crippen LogP contribution in [0.3, 0.4) is 0 Å². The van der Waals surface area contributed by atoms with Crippen molar-refractivity contribution in [2.24, 2.45) is 0 Å². The molecule has 6 heteroatoms. The molecule has 0 amide bonds. The van der Waals surface area contributed by atoms with E-state index < -0.39 is 0 Å². The molecular weight excluding hydrogens is 460 g/mol. The number of carbonyl (C=O) groups is 1. The molecule has 0 saturated heterocycles. The van der Waals surface area contributed by atoms with Crippen LogP contribution in [0.2, 0.25) is 0 Å². The molecule has 160 valence electrons. The third-order valence-corrected chi connectivity index (χ3v) is 5.28. The molecular formula is C25H23BrO5. The van der Waals surface area contributed by atoms with Crippen LogP contribution >= 0.6 is 15.9 Å². The van der Waals surface area contributed by atoms with Crippen LogP contribution in [0, 0.1) is 0 Å². The van der Waals surface area contributed by atoms with E-state index in [1.54, 1.807) is 38.5 Å². The average Bonchev–Trinajstić information content (AvgIpc) is 2.81. The first-order valence-corrected chi connectivity index (χ1v) is 10.3. The number of benzene rings is 3. The van der Waals surface area contributed by atoms with Crippen LogP contribution in [0.15, 0.2) is 71.2 Å². The quantitative estimate of drug-likeness (QED) is 0.278. The highest BCUT2D eigenvalue weighted by atomic mass is 79.9. The van der Waals surface area contributed by atoms with Gasteiger partial charge in [0.05, 0.1) is 31.4 Å². The van der Waals surface area contributed by atoms with E-state index in [1.165, 1.54) is 13.2 Å². The van der Waals surface area contributed by atoms with Crippen molar-refractivity contribution in [1.29, 1.82) is 0 Å². The van der Waals surface area contributed by atoms with E-state index in [4.69, 9.17) is 18.9 Å². The molecule has 0 spiro atoms. The zero-order chi connectivity index (χ0) is 22.2. The Morgan fingerprint density at radius 1 is 0.871 bits per heavy atom. The van der Waals surface area contributed by atoms with Crippen molar-refractivity contribution in [3.8, 4) is 23.0 Å². The topological polar surface area (TPSA) is 54.0 Å². The van der Waals surface area contributed by atoms with Crippen LogP contribution in [0.25, 0.3) is 6.08 Å². The summed E-state index contributed by atoms with van der Waals surface area (Å²) in [5, 5.41) is 0. The second kappa shape index (κ2) is 10.7. The number of allylic oxidation sites excluding steroid dienone is 1. The van der Waals surface area contributed by atoms with E-state index >= 15 is 0 Å². The van der Waals surface area contributed by atoms with Gasteiger partial charge in [0, 0.05) is 5.56 Å². The van der Waals surface area contributed by atoms with Crippen molar-refractivity contribution >= 4 is 27.8 Å². The largest absolute Gasteiger partial charge is 0.497 e. The van der Waals surface area contributed by atoms with Gasteiger partial charge in [0.15, 0.2) is 5.78 Å². The van der Waals surface area contributed by atoms with Gasteiger partial charge in [-0.15, -0.1) is 0 Å². The van der Waals surface area contributed by atoms with Crippen LogP contribution in [-0.2, 0) is 6.61 Å². The smallest absolute Gasteiger partial charge is 0.189 e. The van der Waals surface area contributed by atoms with Crippen LogP contribution in [0.4, 0.5) is 0 Å². The lowest BCUT2D eigenvalue weighted by Crippen LogP contribution is -2.01. The minimum atomic E-state index is -0.183. The minimum absolute atomic E-state index is 0.183. The molecule has 0 heterocycles. The average molecular weight is 483 g/mol. The van der Waals surface area contributed by atoms with Crippen LogP contribution in [0.5, 0.6) is 23.0 Å². The molecule has 31 heavy (non-hydrogen) atoms. The molecule has 0 bridgehead atoms. The second-order valence-corrected chi connectivity index (χ2v) is 7.41. The fourth-order valence-corrected chi connectivity index (χ4v) is 3.40. The molecule has 0 radical (unpaired) electrons. The first kappa shape index (κ1) is 22.4. The van der Waals surface area contributed by atoms with Gasteiger partial charge < -0.3 is 18.9 Å². The van der Waals surface area contributed by atoms with E-state index in [2.05, 4.69) is 15.9 Å². The van der Waals surface area contributed by atoms with Crippen LogP contribution < -0.4 is 18.9 Å². The predicted molar refractivity (Wildman–Crippen MR) is 124 cm³/mol. The third kappa shape index (κ3) is 5.67. The van der Waals surface area contributed by atoms with Gasteiger partial charge in [-0.05, 0) is 70.0 Å². The lowest BCUT2D eigenvalue weighted by atomic mass is 10.1. The number of halogens is 1. The molecule has 0 aromatic heterocycles. The first-order valence-electron chi connectivity index (χ1n) is 9.54. The Bertz CT molecular complexity index is 1090. The number of carbonyl (C=O) groups excluding carboxylic acids is 1. The van der Waals surface area contributed by atoms with Gasteiger partial charge in [-0.25, -0.2) is 0 Å². The standard InChI is InChI=1S/C25H23BrO5/c1-28-19-10-13-24(30-3)20(15-19)22(27)11-8-17-9-12-23(29-2)18(14-17)16-31-25-7-5-4-6-21(25)26/h4-15H,16H2,1-3H3/b11-8+. The maximum absolute atomic E-state index is 12.7. The van der Waals surface area contributed by atoms with Crippen molar-refractivity contribution < 1.29 is 23.7 Å². The van der Waals surface area contributed by atoms with E-state index in [-0.39, 0.29) is 5.78 Å². The lowest BCUT2D eigenvalue weighted by Gasteiger charge is -2.12. The summed E-state index contributed by atoms with van der Waals surface area (Å²) < 4.78 is 22.8. The van der Waals surface area contributed by atoms with Gasteiger partial charge in [-0.3, -0.25) is 4.79 Å². The summed E-state index contributed by atoms with van der Waals surface area (Å²) >= 11 is 3.48. The summed E-state index contributed by atoms with van der Waals surface area (Å²) in [6.07, 6.45) is 3.26. The Labute approximate surface area is 190 Å². The van der Waals surface area contributed by atoms with Crippen molar-refractivity contribution in [2.75, 3.05) is 21.3 Å². The van der Waals surface area contributed by atoms with E-state index in [0.717, 1.165) is 21.3 Å². The Morgan fingerprint density at radius 3 is 2.32 bits per heavy atom. The molecule has 0 N–H and O–H groups in total. The normalized spacial score (nSPS) is 10.7. The highest BCUT2D eigenvalue weighted by molar-refractivity contribution is 9.10. The fourth-order valence-electron chi connectivity index (χ4n) is 3.00. The Balaban J connectivity index is 1.80. The summed E-state index contributed by atoms with van der Waals surface area (Å²) in [5.41, 5.74) is 2.15. The monoisotopic (exact) mass is 482 g/mol. The number of hydrogen-bond acceptors (Lipinski definition) is 5. The Kier molecular flexibility index (Phi) is 7.73. The second-order valence-electron chi connectivity index (χ2n) is 6.55. The minimum Gasteiger partial charge on any atom is -0.497 e. The number of ether oxygens (including phenoxy) is 4. The van der Waals surface area contributed by atoms with Crippen molar-refractivity contribution in [3.63, 3.8) is 0 Å². The summed E-state index contributed by atoms with van der Waals surface area (Å²) in [5.74, 6) is 2.36. The molecule has 0 aliphatic heterocycles. The molecule has 0 aliphatic rings. The van der Waals surface area contributed by atoms with Gasteiger partial charge >= 0.3 is 0 Å². The van der Waals surface area contributed by atoms with Crippen molar-refractivity contribution in [1.82, 2.24) is 0 Å². The van der Waals surface area contributed by atoms with E-state index in [9.17, 15) is 4.79 Å². The maximum atomic E-state index is 12.7. The molecule has 0 saturated carbocycles. The summed E-state index contributed by atoms with van der Waals surface area (Å²) in [4.78, 5) is 12.7. The molecule has 3 aromatic rings. The van der Waals surface area contributed by atoms with E-state index in [1.807, 2.05) is 42.5 Å². The number of rotatable bonds is 9. The predicted octanol–water partition coefficient (Wildman–Crippen LogP) is 5.95. The lowest BCUT2D eigenvalue weighted by molar-refractivity contribution is 0.104. The van der Waals surface area contributed by atoms with Crippen molar-refractivity contribution in [3.05, 3.63) is 87.9 Å². The van der Waals surface area contributed by atoms with E-state index in [0.29, 0.717) is 29.4 Å². The fraction of sp³-hybridized carbons (Fsp3) is 0.160. The SMILES string of the molecule is COc1ccc(OC)c(C(=O)/C=C/c2ccc(OC)c(COc3ccccc3Br)c2)c1. The van der Waals surface area contributed by atoms with Crippen LogP contribution in [-0.4, -0.2) is 27.1 Å². The van der Waals surface area contributed by atoms with Gasteiger partial charge in [0.25, 0.3) is 0 Å². The maximum Gasteiger partial charge on any atom is 0.189 e. The molecule has 0 fully saturated rings. The molecule has 0 aliphatic carbocycles. The first-order chi connectivity index (χ1) is 15.0. The molecule has 3 rings (SSSR count). The number of methoxy groups -OCH3 is 3. The van der Waals surface area contributed by atoms with Gasteiger partial charge in [-0.1, -0.05) is 24.3 Å². The van der Waals surface area contributed by atoms with Gasteiger partial charge in [0.1, 0.15) is 29.6 Å². The van der Waals surface area contributed by atoms with Gasteiger partial charge in [-0.2, -0.15) is 0 Å². The summed E-state index contributed by atoms with van der Waals surface area (Å²) in [6.45, 7) is 0.325. The Hall–Kier alpha value is -3.25. The van der Waals surface area contributed by atoms with Crippen LogP contribution in [0.1, 0.15) is 21.5 Å². The summed E-state index contributed by atoms with van der Waals surface area (Å²) in [6, 6.07) is 18.4. The third-order valence-electron chi connectivity index (χ3n) is 4.62. The number of ketones is 1. The molecule has 3 aromatic carbocycles. The molecule has 5 nitrogen and oxygen atoms in total. The highest BCUT2D eigenvalue weighted by Crippen LogP contribution is 2.28. The Morgan fingerprint density at radius 2 is 1.61 bits per heavy atom. The van der Waals surface area contributed by atoms with Gasteiger partial charge in [0.2, 0.25) is 0 Å².